The second-order valence-electron chi connectivity index (χ2n) is 4.93. The van der Waals surface area contributed by atoms with Crippen LogP contribution in [-0.4, -0.2) is 28.9 Å². The van der Waals surface area contributed by atoms with Crippen molar-refractivity contribution in [3.8, 4) is 0 Å². The Morgan fingerprint density at radius 2 is 2.00 bits per heavy atom. The Kier molecular flexibility index (Phi) is 1.66. The van der Waals surface area contributed by atoms with Crippen molar-refractivity contribution in [2.24, 2.45) is 0 Å². The van der Waals surface area contributed by atoms with E-state index >= 15 is 0 Å². The van der Waals surface area contributed by atoms with Crippen molar-refractivity contribution in [1.82, 2.24) is 5.06 Å². The summed E-state index contributed by atoms with van der Waals surface area (Å²) < 4.78 is 5.24. The summed E-state index contributed by atoms with van der Waals surface area (Å²) in [6, 6.07) is 0. The van der Waals surface area contributed by atoms with Crippen LogP contribution < -0.4 is 0 Å². The van der Waals surface area contributed by atoms with Crippen LogP contribution >= 0.6 is 0 Å². The van der Waals surface area contributed by atoms with Gasteiger partial charge in [0.05, 0.1) is 17.7 Å². The van der Waals surface area contributed by atoms with Gasteiger partial charge in [-0.05, 0) is 33.3 Å². The van der Waals surface area contributed by atoms with Crippen LogP contribution in [0.25, 0.3) is 0 Å². The summed E-state index contributed by atoms with van der Waals surface area (Å²) in [5, 5.41) is 13.1. The molecule has 13 heavy (non-hydrogen) atoms. The van der Waals surface area contributed by atoms with Gasteiger partial charge >= 0.3 is 0 Å². The van der Waals surface area contributed by atoms with Gasteiger partial charge in [-0.15, -0.1) is 10.3 Å². The highest BCUT2D eigenvalue weighted by atomic mass is 16.6. The van der Waals surface area contributed by atoms with Gasteiger partial charge in [-0.1, -0.05) is 6.08 Å². The summed E-state index contributed by atoms with van der Waals surface area (Å²) >= 11 is 0. The van der Waals surface area contributed by atoms with Gasteiger partial charge in [0, 0.05) is 0 Å². The summed E-state index contributed by atoms with van der Waals surface area (Å²) in [5.74, 6) is 0. The van der Waals surface area contributed by atoms with Gasteiger partial charge < -0.3 is 4.74 Å². The quantitative estimate of drug-likeness (QED) is 0.455. The molecule has 73 valence electrons. The molecule has 0 spiro atoms. The minimum absolute atomic E-state index is 0.202. The van der Waals surface area contributed by atoms with Gasteiger partial charge in [-0.25, -0.2) is 0 Å². The largest absolute Gasteiger partial charge is 0.368 e. The third-order valence-electron chi connectivity index (χ3n) is 2.93. The summed E-state index contributed by atoms with van der Waals surface area (Å²) in [7, 11) is 0. The van der Waals surface area contributed by atoms with Crippen LogP contribution in [0.1, 0.15) is 27.7 Å². The molecule has 2 aliphatic heterocycles. The fraction of sp³-hybridized carbons (Fsp3) is 0.800. The Balaban J connectivity index is 2.35. The number of epoxide rings is 1. The van der Waals surface area contributed by atoms with Crippen molar-refractivity contribution in [2.75, 3.05) is 6.61 Å². The van der Waals surface area contributed by atoms with Crippen molar-refractivity contribution in [2.45, 2.75) is 44.9 Å². The normalized spacial score (nSPS) is 36.1. The molecule has 0 aromatic carbocycles. The van der Waals surface area contributed by atoms with E-state index in [2.05, 4.69) is 6.08 Å². The topological polar surface area (TPSA) is 35.7 Å². The predicted octanol–water partition coefficient (Wildman–Crippen LogP) is 1.53. The molecule has 0 bridgehead atoms. The van der Waals surface area contributed by atoms with Crippen LogP contribution in [0.4, 0.5) is 0 Å². The molecular formula is C10H16NO2. The van der Waals surface area contributed by atoms with E-state index in [1.54, 1.807) is 0 Å². The van der Waals surface area contributed by atoms with Crippen LogP contribution in [-0.2, 0) is 9.94 Å². The average Bonchev–Trinajstić information content (AvgIpc) is 2.78. The van der Waals surface area contributed by atoms with Crippen molar-refractivity contribution < 1.29 is 9.94 Å². The lowest BCUT2D eigenvalue weighted by Crippen LogP contribution is -2.47. The van der Waals surface area contributed by atoms with E-state index in [1.165, 1.54) is 0 Å². The first-order valence-electron chi connectivity index (χ1n) is 4.68. The fourth-order valence-corrected chi connectivity index (χ4v) is 2.17. The van der Waals surface area contributed by atoms with Crippen molar-refractivity contribution >= 4 is 0 Å². The monoisotopic (exact) mass is 182 g/mol. The maximum atomic E-state index is 11.9. The lowest BCUT2D eigenvalue weighted by atomic mass is 9.94. The van der Waals surface area contributed by atoms with Gasteiger partial charge in [-0.2, -0.15) is 0 Å². The molecule has 0 N–H and O–H groups in total. The molecule has 0 aromatic heterocycles. The number of ether oxygens (including phenoxy) is 1. The second-order valence-corrected chi connectivity index (χ2v) is 4.93. The Bertz CT molecular complexity index is 264. The van der Waals surface area contributed by atoms with E-state index in [9.17, 15) is 5.21 Å². The first-order chi connectivity index (χ1) is 5.86. The van der Waals surface area contributed by atoms with Crippen LogP contribution in [0, 0.1) is 0 Å². The van der Waals surface area contributed by atoms with Crippen LogP contribution in [0.3, 0.4) is 0 Å². The van der Waals surface area contributed by atoms with E-state index in [0.717, 1.165) is 17.2 Å². The number of rotatable bonds is 1. The SMILES string of the molecule is CC1(C)C=C(C2CO2)C(C)(C)N1[O]. The van der Waals surface area contributed by atoms with Gasteiger partial charge in [0.15, 0.2) is 0 Å². The lowest BCUT2D eigenvalue weighted by molar-refractivity contribution is -0.239. The lowest BCUT2D eigenvalue weighted by Gasteiger charge is -2.33. The molecule has 2 heterocycles. The number of hydrogen-bond acceptors (Lipinski definition) is 2. The zero-order chi connectivity index (χ0) is 9.85. The smallest absolute Gasteiger partial charge is 0.104 e. The number of hydrogen-bond donors (Lipinski definition) is 0. The predicted molar refractivity (Wildman–Crippen MR) is 48.5 cm³/mol. The Morgan fingerprint density at radius 1 is 1.46 bits per heavy atom. The van der Waals surface area contributed by atoms with Gasteiger partial charge in [-0.3, -0.25) is 0 Å². The summed E-state index contributed by atoms with van der Waals surface area (Å²) in [5.41, 5.74) is 0.364. The zero-order valence-corrected chi connectivity index (χ0v) is 8.63. The highest BCUT2D eigenvalue weighted by Crippen LogP contribution is 2.43. The minimum Gasteiger partial charge on any atom is -0.368 e. The van der Waals surface area contributed by atoms with Gasteiger partial charge in [0.25, 0.3) is 0 Å². The third-order valence-corrected chi connectivity index (χ3v) is 2.93. The summed E-state index contributed by atoms with van der Waals surface area (Å²) in [6.07, 6.45) is 2.26. The van der Waals surface area contributed by atoms with Crippen LogP contribution in [0.15, 0.2) is 11.6 Å². The molecule has 3 nitrogen and oxygen atoms in total. The van der Waals surface area contributed by atoms with Gasteiger partial charge in [0.1, 0.15) is 6.10 Å². The molecule has 1 radical (unpaired) electrons. The minimum atomic E-state index is -0.398. The fourth-order valence-electron chi connectivity index (χ4n) is 2.17. The maximum absolute atomic E-state index is 11.9. The highest BCUT2D eigenvalue weighted by Gasteiger charge is 2.51. The molecule has 3 heteroatoms. The zero-order valence-electron chi connectivity index (χ0n) is 8.63. The number of nitrogens with zero attached hydrogens (tertiary/aromatic N) is 1. The van der Waals surface area contributed by atoms with E-state index in [1.807, 2.05) is 27.7 Å². The van der Waals surface area contributed by atoms with E-state index in [4.69, 9.17) is 4.74 Å². The van der Waals surface area contributed by atoms with Crippen molar-refractivity contribution in [3.63, 3.8) is 0 Å². The molecule has 0 aromatic rings. The van der Waals surface area contributed by atoms with E-state index < -0.39 is 5.54 Å². The molecule has 1 saturated heterocycles. The molecule has 0 aliphatic carbocycles. The molecule has 0 amide bonds. The molecular weight excluding hydrogens is 166 g/mol. The van der Waals surface area contributed by atoms with Crippen LogP contribution in [0.2, 0.25) is 0 Å². The Morgan fingerprint density at radius 3 is 2.31 bits per heavy atom. The van der Waals surface area contributed by atoms with Crippen molar-refractivity contribution in [1.29, 1.82) is 0 Å². The molecule has 0 saturated carbocycles. The highest BCUT2D eigenvalue weighted by molar-refractivity contribution is 5.34. The molecule has 1 fully saturated rings. The van der Waals surface area contributed by atoms with Gasteiger partial charge in [0.2, 0.25) is 0 Å². The summed E-state index contributed by atoms with van der Waals surface area (Å²) in [6.45, 7) is 8.58. The third kappa shape index (κ3) is 1.23. The average molecular weight is 182 g/mol. The number of hydroxylamine groups is 2. The van der Waals surface area contributed by atoms with E-state index in [0.29, 0.717) is 0 Å². The first-order valence-corrected chi connectivity index (χ1v) is 4.68. The van der Waals surface area contributed by atoms with Crippen molar-refractivity contribution in [3.05, 3.63) is 11.6 Å². The molecule has 2 aliphatic rings. The standard InChI is InChI=1S/C10H16NO2/c1-9(2)5-7(8-6-13-8)10(3,4)11(9)12/h5,8H,6H2,1-4H3. The maximum Gasteiger partial charge on any atom is 0.104 e. The van der Waals surface area contributed by atoms with Crippen LogP contribution in [0.5, 0.6) is 0 Å². The molecule has 2 rings (SSSR count). The first kappa shape index (κ1) is 9.19. The molecule has 1 unspecified atom stereocenters. The second kappa shape index (κ2) is 2.35. The summed E-state index contributed by atoms with van der Waals surface area (Å²) in [4.78, 5) is 0. The Hall–Kier alpha value is -0.380. The Labute approximate surface area is 78.9 Å². The van der Waals surface area contributed by atoms with E-state index in [-0.39, 0.29) is 11.6 Å². The molecule has 1 atom stereocenters.